The molecule has 1 atom stereocenters. The quantitative estimate of drug-likeness (QED) is 0.695. The maximum atomic E-state index is 12.3. The molecule has 4 rings (SSSR count). The molecule has 1 saturated heterocycles. The number of aliphatic hydroxyl groups excluding tert-OH is 1. The van der Waals surface area contributed by atoms with E-state index in [1.54, 1.807) is 6.33 Å². The Morgan fingerprint density at radius 3 is 2.69 bits per heavy atom. The molecule has 1 aromatic carbocycles. The summed E-state index contributed by atoms with van der Waals surface area (Å²) in [7, 11) is 0. The van der Waals surface area contributed by atoms with Crippen molar-refractivity contribution in [3.8, 4) is 0 Å². The van der Waals surface area contributed by atoms with Crippen LogP contribution >= 0.6 is 0 Å². The number of aliphatic hydroxyl groups is 1. The molecule has 1 aliphatic heterocycles. The second-order valence-electron chi connectivity index (χ2n) is 8.09. The highest BCUT2D eigenvalue weighted by molar-refractivity contribution is 5.87. The summed E-state index contributed by atoms with van der Waals surface area (Å²) in [6, 6.07) is 8.17. The molecule has 1 aromatic heterocycles. The van der Waals surface area contributed by atoms with Crippen molar-refractivity contribution in [2.75, 3.05) is 18.4 Å². The monoisotopic (exact) mass is 398 g/mol. The molecule has 2 aromatic rings. The minimum Gasteiger partial charge on any atom is -0.392 e. The Balaban J connectivity index is 1.29. The molecule has 8 heteroatoms. The topological polar surface area (TPSA) is 95.3 Å². The van der Waals surface area contributed by atoms with Gasteiger partial charge < -0.3 is 10.4 Å². The van der Waals surface area contributed by atoms with Crippen LogP contribution in [0.4, 0.5) is 10.7 Å². The highest BCUT2D eigenvalue weighted by Crippen LogP contribution is 2.27. The van der Waals surface area contributed by atoms with Crippen molar-refractivity contribution in [1.29, 1.82) is 0 Å². The molecule has 1 aliphatic carbocycles. The SMILES string of the molecule is O=C(NCc1ccccc1CN1CCC(O)C1)Nc1ncn(C2CCCCC2)n1. The van der Waals surface area contributed by atoms with Crippen molar-refractivity contribution in [3.05, 3.63) is 41.7 Å². The van der Waals surface area contributed by atoms with Gasteiger partial charge in [0.25, 0.3) is 0 Å². The molecule has 29 heavy (non-hydrogen) atoms. The third-order valence-electron chi connectivity index (χ3n) is 5.88. The van der Waals surface area contributed by atoms with E-state index in [9.17, 15) is 9.90 Å². The van der Waals surface area contributed by atoms with Crippen LogP contribution in [0.5, 0.6) is 0 Å². The van der Waals surface area contributed by atoms with E-state index in [-0.39, 0.29) is 12.1 Å². The van der Waals surface area contributed by atoms with E-state index in [1.165, 1.54) is 24.8 Å². The Morgan fingerprint density at radius 1 is 1.14 bits per heavy atom. The Bertz CT molecular complexity index is 817. The number of benzene rings is 1. The molecule has 1 unspecified atom stereocenters. The Labute approximate surface area is 171 Å². The molecule has 0 spiro atoms. The number of hydrogen-bond donors (Lipinski definition) is 3. The van der Waals surface area contributed by atoms with Gasteiger partial charge in [-0.1, -0.05) is 43.5 Å². The Hall–Kier alpha value is -2.45. The number of rotatable bonds is 6. The number of carbonyl (C=O) groups excluding carboxylic acids is 1. The molecule has 2 amide bonds. The second-order valence-corrected chi connectivity index (χ2v) is 8.09. The van der Waals surface area contributed by atoms with Crippen molar-refractivity contribution < 1.29 is 9.90 Å². The number of nitrogens with zero attached hydrogens (tertiary/aromatic N) is 4. The van der Waals surface area contributed by atoms with Crippen LogP contribution in [0.1, 0.15) is 55.7 Å². The molecule has 2 aliphatic rings. The maximum absolute atomic E-state index is 12.3. The number of aromatic nitrogens is 3. The predicted octanol–water partition coefficient (Wildman–Crippen LogP) is 2.67. The lowest BCUT2D eigenvalue weighted by molar-refractivity contribution is 0.174. The minimum absolute atomic E-state index is 0.230. The van der Waals surface area contributed by atoms with Crippen LogP contribution in [0, 0.1) is 0 Å². The first-order chi connectivity index (χ1) is 14.2. The summed E-state index contributed by atoms with van der Waals surface area (Å²) in [5, 5.41) is 19.8. The van der Waals surface area contributed by atoms with Crippen LogP contribution < -0.4 is 10.6 Å². The number of urea groups is 1. The first kappa shape index (κ1) is 19.8. The summed E-state index contributed by atoms with van der Waals surface area (Å²) in [4.78, 5) is 18.8. The van der Waals surface area contributed by atoms with Crippen molar-refractivity contribution >= 4 is 12.0 Å². The van der Waals surface area contributed by atoms with E-state index in [0.717, 1.165) is 37.9 Å². The number of carbonyl (C=O) groups is 1. The first-order valence-corrected chi connectivity index (χ1v) is 10.6. The number of anilines is 1. The summed E-state index contributed by atoms with van der Waals surface area (Å²) in [5.41, 5.74) is 2.24. The largest absolute Gasteiger partial charge is 0.392 e. The van der Waals surface area contributed by atoms with Crippen molar-refractivity contribution in [3.63, 3.8) is 0 Å². The summed E-state index contributed by atoms with van der Waals surface area (Å²) >= 11 is 0. The number of amides is 2. The van der Waals surface area contributed by atoms with Crippen LogP contribution in [-0.2, 0) is 13.1 Å². The van der Waals surface area contributed by atoms with E-state index in [1.807, 2.05) is 22.9 Å². The first-order valence-electron chi connectivity index (χ1n) is 10.6. The van der Waals surface area contributed by atoms with Gasteiger partial charge in [-0.3, -0.25) is 10.2 Å². The summed E-state index contributed by atoms with van der Waals surface area (Å²) < 4.78 is 1.88. The average Bonchev–Trinajstić information content (AvgIpc) is 3.37. The van der Waals surface area contributed by atoms with Gasteiger partial charge in [0.1, 0.15) is 6.33 Å². The number of β-amino-alcohol motifs (C(OH)–C–C–N with tert-alkyl or cyclic N) is 1. The molecule has 8 nitrogen and oxygen atoms in total. The molecule has 0 bridgehead atoms. The smallest absolute Gasteiger partial charge is 0.321 e. The highest BCUT2D eigenvalue weighted by Gasteiger charge is 2.21. The second kappa shape index (κ2) is 9.37. The summed E-state index contributed by atoms with van der Waals surface area (Å²) in [6.45, 7) is 2.82. The molecule has 2 heterocycles. The van der Waals surface area contributed by atoms with Gasteiger partial charge in [0.2, 0.25) is 5.95 Å². The normalized spacial score (nSPS) is 20.7. The van der Waals surface area contributed by atoms with Gasteiger partial charge in [-0.15, -0.1) is 5.10 Å². The standard InChI is InChI=1S/C21H30N6O2/c28-19-10-11-26(14-19)13-17-7-5-4-6-16(17)12-22-21(29)24-20-23-15-27(25-20)18-8-2-1-3-9-18/h4-7,15,18-19,28H,1-3,8-14H2,(H2,22,24,25,29). The third kappa shape index (κ3) is 5.33. The fourth-order valence-corrected chi connectivity index (χ4v) is 4.26. The van der Waals surface area contributed by atoms with E-state index >= 15 is 0 Å². The fourth-order valence-electron chi connectivity index (χ4n) is 4.26. The lowest BCUT2D eigenvalue weighted by Gasteiger charge is -2.21. The maximum Gasteiger partial charge on any atom is 0.321 e. The molecule has 3 N–H and O–H groups in total. The highest BCUT2D eigenvalue weighted by atomic mass is 16.3. The fraction of sp³-hybridized carbons (Fsp3) is 0.571. The van der Waals surface area contributed by atoms with Gasteiger partial charge in [0.15, 0.2) is 0 Å². The summed E-state index contributed by atoms with van der Waals surface area (Å²) in [6.07, 6.45) is 8.30. The van der Waals surface area contributed by atoms with Crippen molar-refractivity contribution in [2.24, 2.45) is 0 Å². The van der Waals surface area contributed by atoms with Crippen LogP contribution in [-0.4, -0.2) is 50.0 Å². The van der Waals surface area contributed by atoms with E-state index < -0.39 is 0 Å². The van der Waals surface area contributed by atoms with Gasteiger partial charge in [-0.25, -0.2) is 14.5 Å². The van der Waals surface area contributed by atoms with Gasteiger partial charge in [-0.05, 0) is 30.4 Å². The lowest BCUT2D eigenvalue weighted by atomic mass is 9.96. The zero-order valence-corrected chi connectivity index (χ0v) is 16.8. The number of nitrogens with one attached hydrogen (secondary N) is 2. The van der Waals surface area contributed by atoms with Crippen LogP contribution in [0.25, 0.3) is 0 Å². The number of likely N-dealkylation sites (tertiary alicyclic amines) is 1. The predicted molar refractivity (Wildman–Crippen MR) is 110 cm³/mol. The van der Waals surface area contributed by atoms with E-state index in [0.29, 0.717) is 25.1 Å². The van der Waals surface area contributed by atoms with Gasteiger partial charge in [0, 0.05) is 26.2 Å². The van der Waals surface area contributed by atoms with Crippen LogP contribution in [0.2, 0.25) is 0 Å². The molecular formula is C21H30N6O2. The van der Waals surface area contributed by atoms with Gasteiger partial charge in [0.05, 0.1) is 12.1 Å². The third-order valence-corrected chi connectivity index (χ3v) is 5.88. The van der Waals surface area contributed by atoms with E-state index in [2.05, 4.69) is 31.7 Å². The van der Waals surface area contributed by atoms with Crippen molar-refractivity contribution in [2.45, 2.75) is 63.8 Å². The average molecular weight is 399 g/mol. The van der Waals surface area contributed by atoms with Crippen LogP contribution in [0.3, 0.4) is 0 Å². The van der Waals surface area contributed by atoms with E-state index in [4.69, 9.17) is 0 Å². The Morgan fingerprint density at radius 2 is 1.93 bits per heavy atom. The molecule has 1 saturated carbocycles. The molecule has 156 valence electrons. The van der Waals surface area contributed by atoms with Gasteiger partial charge >= 0.3 is 6.03 Å². The zero-order valence-electron chi connectivity index (χ0n) is 16.8. The zero-order chi connectivity index (χ0) is 20.1. The lowest BCUT2D eigenvalue weighted by Crippen LogP contribution is -2.29. The Kier molecular flexibility index (Phi) is 6.41. The van der Waals surface area contributed by atoms with Crippen LogP contribution in [0.15, 0.2) is 30.6 Å². The molecule has 0 radical (unpaired) electrons. The molecule has 2 fully saturated rings. The minimum atomic E-state index is -0.308. The number of hydrogen-bond acceptors (Lipinski definition) is 5. The molecular weight excluding hydrogens is 368 g/mol. The van der Waals surface area contributed by atoms with Crippen molar-refractivity contribution in [1.82, 2.24) is 25.0 Å². The van der Waals surface area contributed by atoms with Gasteiger partial charge in [-0.2, -0.15) is 0 Å². The summed E-state index contributed by atoms with van der Waals surface area (Å²) in [5.74, 6) is 0.340.